The van der Waals surface area contributed by atoms with Gasteiger partial charge < -0.3 is 10.7 Å². The summed E-state index contributed by atoms with van der Waals surface area (Å²) in [7, 11) is 0. The van der Waals surface area contributed by atoms with E-state index in [0.29, 0.717) is 0 Å². The van der Waals surface area contributed by atoms with Crippen molar-refractivity contribution in [2.75, 3.05) is 5.73 Å². The van der Waals surface area contributed by atoms with Crippen molar-refractivity contribution in [2.24, 2.45) is 0 Å². The van der Waals surface area contributed by atoms with Crippen molar-refractivity contribution in [1.82, 2.24) is 4.98 Å². The highest BCUT2D eigenvalue weighted by molar-refractivity contribution is 5.95. The third-order valence-corrected chi connectivity index (χ3v) is 2.80. The van der Waals surface area contributed by atoms with Crippen LogP contribution in [0.2, 0.25) is 0 Å². The Hall–Kier alpha value is -2.22. The van der Waals surface area contributed by atoms with Crippen LogP contribution >= 0.6 is 0 Å². The van der Waals surface area contributed by atoms with Gasteiger partial charge in [-0.3, -0.25) is 0 Å². The molecule has 3 N–H and O–H groups in total. The predicted octanol–water partition coefficient (Wildman–Crippen LogP) is 3.42. The molecule has 0 unspecified atom stereocenters. The van der Waals surface area contributed by atoms with E-state index in [9.17, 15) is 0 Å². The summed E-state index contributed by atoms with van der Waals surface area (Å²) in [6.45, 7) is 0. The van der Waals surface area contributed by atoms with Crippen molar-refractivity contribution >= 4 is 16.5 Å². The number of anilines is 1. The van der Waals surface area contributed by atoms with Gasteiger partial charge in [0, 0.05) is 17.3 Å². The van der Waals surface area contributed by atoms with Gasteiger partial charge in [0.15, 0.2) is 0 Å². The van der Waals surface area contributed by atoms with Gasteiger partial charge in [-0.05, 0) is 23.1 Å². The van der Waals surface area contributed by atoms with Gasteiger partial charge in [-0.2, -0.15) is 0 Å². The largest absolute Gasteiger partial charge is 0.399 e. The van der Waals surface area contributed by atoms with Gasteiger partial charge in [0.05, 0.1) is 5.69 Å². The Morgan fingerprint density at radius 1 is 0.875 bits per heavy atom. The highest BCUT2D eigenvalue weighted by Gasteiger charge is 2.04. The Balaban J connectivity index is 2.22. The highest BCUT2D eigenvalue weighted by Crippen LogP contribution is 2.27. The van der Waals surface area contributed by atoms with E-state index in [1.165, 1.54) is 10.8 Å². The van der Waals surface area contributed by atoms with Gasteiger partial charge in [0.2, 0.25) is 0 Å². The third kappa shape index (κ3) is 1.36. The lowest BCUT2D eigenvalue weighted by Gasteiger charge is -2.00. The molecule has 78 valence electrons. The third-order valence-electron chi connectivity index (χ3n) is 2.80. The van der Waals surface area contributed by atoms with Crippen LogP contribution in [0, 0.1) is 0 Å². The van der Waals surface area contributed by atoms with Crippen LogP contribution < -0.4 is 5.73 Å². The van der Waals surface area contributed by atoms with Gasteiger partial charge in [-0.1, -0.05) is 36.4 Å². The van der Waals surface area contributed by atoms with Crippen LogP contribution in [0.5, 0.6) is 0 Å². The molecule has 1 aromatic heterocycles. The van der Waals surface area contributed by atoms with Gasteiger partial charge in [-0.25, -0.2) is 0 Å². The zero-order chi connectivity index (χ0) is 11.0. The number of hydrogen-bond donors (Lipinski definition) is 2. The zero-order valence-corrected chi connectivity index (χ0v) is 8.77. The number of nitrogens with one attached hydrogen (secondary N) is 1. The molecule has 0 fully saturated rings. The van der Waals surface area contributed by atoms with E-state index >= 15 is 0 Å². The average molecular weight is 208 g/mol. The second-order valence-electron chi connectivity index (χ2n) is 3.87. The molecule has 2 heteroatoms. The number of nitrogens with two attached hydrogens (primary N) is 1. The molecule has 0 aliphatic rings. The van der Waals surface area contributed by atoms with Crippen molar-refractivity contribution in [2.45, 2.75) is 0 Å². The topological polar surface area (TPSA) is 41.8 Å². The van der Waals surface area contributed by atoms with E-state index in [-0.39, 0.29) is 0 Å². The first-order chi connectivity index (χ1) is 7.84. The fraction of sp³-hybridized carbons (Fsp3) is 0. The predicted molar refractivity (Wildman–Crippen MR) is 68.1 cm³/mol. The van der Waals surface area contributed by atoms with Crippen LogP contribution in [0.25, 0.3) is 22.0 Å². The monoisotopic (exact) mass is 208 g/mol. The molecule has 0 bridgehead atoms. The molecule has 0 radical (unpaired) electrons. The molecule has 1 heterocycles. The molecular formula is C14H12N2. The second-order valence-corrected chi connectivity index (χ2v) is 3.87. The van der Waals surface area contributed by atoms with E-state index in [1.807, 2.05) is 36.5 Å². The second kappa shape index (κ2) is 3.42. The molecule has 0 saturated carbocycles. The molecule has 3 aromatic rings. The minimum atomic E-state index is 0.791. The van der Waals surface area contributed by atoms with E-state index in [0.717, 1.165) is 16.9 Å². The van der Waals surface area contributed by atoms with Crippen molar-refractivity contribution in [3.63, 3.8) is 0 Å². The summed E-state index contributed by atoms with van der Waals surface area (Å²) in [4.78, 5) is 3.31. The van der Waals surface area contributed by atoms with Crippen molar-refractivity contribution in [3.05, 3.63) is 54.7 Å². The molecule has 3 rings (SSSR count). The number of rotatable bonds is 1. The van der Waals surface area contributed by atoms with Crippen LogP contribution in [-0.4, -0.2) is 4.98 Å². The normalized spacial score (nSPS) is 10.8. The summed E-state index contributed by atoms with van der Waals surface area (Å²) in [6, 6.07) is 16.2. The van der Waals surface area contributed by atoms with Crippen LogP contribution in [-0.2, 0) is 0 Å². The van der Waals surface area contributed by atoms with Gasteiger partial charge >= 0.3 is 0 Å². The summed E-state index contributed by atoms with van der Waals surface area (Å²) in [5, 5.41) is 2.47. The molecule has 0 atom stereocenters. The Bertz CT molecular complexity index is 621. The van der Waals surface area contributed by atoms with Crippen LogP contribution in [0.4, 0.5) is 5.69 Å². The Morgan fingerprint density at radius 3 is 2.44 bits per heavy atom. The summed E-state index contributed by atoms with van der Waals surface area (Å²) in [5.74, 6) is 0. The highest BCUT2D eigenvalue weighted by atomic mass is 14.7. The maximum atomic E-state index is 5.68. The number of H-pyrrole nitrogens is 1. The Morgan fingerprint density at radius 2 is 1.62 bits per heavy atom. The molecule has 0 aliphatic carbocycles. The number of hydrogen-bond acceptors (Lipinski definition) is 1. The van der Waals surface area contributed by atoms with Crippen LogP contribution in [0.15, 0.2) is 54.7 Å². The standard InChI is InChI=1S/C14H12N2/c15-12-7-5-10(6-8-12)14-13-4-2-1-3-11(13)9-16-14/h1-9,16H,15H2. The van der Waals surface area contributed by atoms with Crippen molar-refractivity contribution in [1.29, 1.82) is 0 Å². The number of fused-ring (bicyclic) bond motifs is 1. The van der Waals surface area contributed by atoms with Gasteiger partial charge in [-0.15, -0.1) is 0 Å². The van der Waals surface area contributed by atoms with E-state index in [1.54, 1.807) is 0 Å². The number of benzene rings is 2. The Labute approximate surface area is 93.7 Å². The summed E-state index contributed by atoms with van der Waals surface area (Å²) < 4.78 is 0. The number of aromatic amines is 1. The minimum absolute atomic E-state index is 0.791. The molecule has 0 saturated heterocycles. The van der Waals surface area contributed by atoms with E-state index < -0.39 is 0 Å². The molecule has 2 aromatic carbocycles. The van der Waals surface area contributed by atoms with Crippen LogP contribution in [0.3, 0.4) is 0 Å². The lowest BCUT2D eigenvalue weighted by atomic mass is 10.1. The molecular weight excluding hydrogens is 196 g/mol. The summed E-state index contributed by atoms with van der Waals surface area (Å²) in [6.07, 6.45) is 2.03. The molecule has 0 aliphatic heterocycles. The summed E-state index contributed by atoms with van der Waals surface area (Å²) in [5.41, 5.74) is 8.78. The lowest BCUT2D eigenvalue weighted by Crippen LogP contribution is -1.84. The molecule has 16 heavy (non-hydrogen) atoms. The molecule has 0 spiro atoms. The first kappa shape index (κ1) is 9.04. The maximum absolute atomic E-state index is 5.68. The lowest BCUT2D eigenvalue weighted by molar-refractivity contribution is 1.41. The first-order valence-electron chi connectivity index (χ1n) is 5.26. The quantitative estimate of drug-likeness (QED) is 0.591. The van der Waals surface area contributed by atoms with E-state index in [4.69, 9.17) is 5.73 Å². The average Bonchev–Trinajstić information content (AvgIpc) is 2.74. The van der Waals surface area contributed by atoms with Gasteiger partial charge in [0.25, 0.3) is 0 Å². The van der Waals surface area contributed by atoms with Gasteiger partial charge in [0.1, 0.15) is 0 Å². The minimum Gasteiger partial charge on any atom is -0.399 e. The maximum Gasteiger partial charge on any atom is 0.0533 e. The zero-order valence-electron chi connectivity index (χ0n) is 8.77. The molecule has 0 amide bonds. The SMILES string of the molecule is Nc1ccc(-c2[nH]cc3ccccc23)cc1. The van der Waals surface area contributed by atoms with Crippen molar-refractivity contribution < 1.29 is 0 Å². The van der Waals surface area contributed by atoms with Crippen LogP contribution in [0.1, 0.15) is 0 Å². The number of nitrogen functional groups attached to an aromatic ring is 1. The summed E-state index contributed by atoms with van der Waals surface area (Å²) >= 11 is 0. The first-order valence-corrected chi connectivity index (χ1v) is 5.26. The van der Waals surface area contributed by atoms with E-state index in [2.05, 4.69) is 23.2 Å². The van der Waals surface area contributed by atoms with Crippen molar-refractivity contribution in [3.8, 4) is 11.3 Å². The fourth-order valence-electron chi connectivity index (χ4n) is 1.97. The fourth-order valence-corrected chi connectivity index (χ4v) is 1.97. The Kier molecular flexibility index (Phi) is 1.93. The smallest absolute Gasteiger partial charge is 0.0533 e. The number of aromatic nitrogens is 1. The molecule has 2 nitrogen and oxygen atoms in total.